The zero-order valence-corrected chi connectivity index (χ0v) is 8.00. The van der Waals surface area contributed by atoms with Crippen LogP contribution in [0.4, 0.5) is 0 Å². The third-order valence-corrected chi connectivity index (χ3v) is 2.24. The number of hydrogen-bond acceptors (Lipinski definition) is 2. The number of rotatable bonds is 2. The quantitative estimate of drug-likeness (QED) is 0.606. The van der Waals surface area contributed by atoms with E-state index >= 15 is 0 Å². The van der Waals surface area contributed by atoms with Gasteiger partial charge in [-0.3, -0.25) is 4.90 Å². The average molecular weight is 157 g/mol. The van der Waals surface area contributed by atoms with Crippen LogP contribution in [0, 0.1) is 0 Å². The Morgan fingerprint density at radius 2 is 2.18 bits per heavy atom. The molecular formula is C9H19NO. The highest BCUT2D eigenvalue weighted by Gasteiger charge is 2.30. The summed E-state index contributed by atoms with van der Waals surface area (Å²) in [5, 5.41) is 0. The molecule has 1 saturated heterocycles. The highest BCUT2D eigenvalue weighted by atomic mass is 16.5. The predicted molar refractivity (Wildman–Crippen MR) is 46.5 cm³/mol. The maximum absolute atomic E-state index is 5.71. The molecule has 1 heterocycles. The summed E-state index contributed by atoms with van der Waals surface area (Å²) < 4.78 is 5.71. The lowest BCUT2D eigenvalue weighted by Gasteiger charge is -2.25. The van der Waals surface area contributed by atoms with E-state index in [-0.39, 0.29) is 0 Å². The molecule has 2 atom stereocenters. The third-order valence-electron chi connectivity index (χ3n) is 2.24. The molecule has 0 amide bonds. The van der Waals surface area contributed by atoms with Gasteiger partial charge in [0.25, 0.3) is 0 Å². The van der Waals surface area contributed by atoms with Crippen molar-refractivity contribution in [3.63, 3.8) is 0 Å². The molecule has 2 nitrogen and oxygen atoms in total. The summed E-state index contributed by atoms with van der Waals surface area (Å²) >= 11 is 0. The summed E-state index contributed by atoms with van der Waals surface area (Å²) in [7, 11) is 0. The molecule has 0 spiro atoms. The maximum Gasteiger partial charge on any atom is 0.111 e. The molecule has 1 aliphatic heterocycles. The Kier molecular flexibility index (Phi) is 2.90. The number of ether oxygens (including phenoxy) is 1. The lowest BCUT2D eigenvalue weighted by atomic mass is 10.2. The standard InChI is InChI=1S/C9H19NO/c1-5-9-10(7(2)3)6-8(4)11-9/h7-9H,5-6H2,1-4H3/t8-,9?/m0/s1. The molecule has 0 aliphatic carbocycles. The topological polar surface area (TPSA) is 12.5 Å². The second-order valence-electron chi connectivity index (χ2n) is 3.60. The van der Waals surface area contributed by atoms with Crippen LogP contribution in [0.3, 0.4) is 0 Å². The molecule has 11 heavy (non-hydrogen) atoms. The van der Waals surface area contributed by atoms with Gasteiger partial charge in [0.2, 0.25) is 0 Å². The van der Waals surface area contributed by atoms with E-state index in [1.807, 2.05) is 0 Å². The fourth-order valence-corrected chi connectivity index (χ4v) is 1.68. The Labute approximate surface area is 69.5 Å². The molecule has 1 fully saturated rings. The van der Waals surface area contributed by atoms with Gasteiger partial charge in [0, 0.05) is 12.6 Å². The van der Waals surface area contributed by atoms with E-state index in [0.29, 0.717) is 18.4 Å². The Balaban J connectivity index is 2.50. The Morgan fingerprint density at radius 1 is 1.55 bits per heavy atom. The predicted octanol–water partition coefficient (Wildman–Crippen LogP) is 1.85. The van der Waals surface area contributed by atoms with Gasteiger partial charge in [0.1, 0.15) is 6.23 Å². The van der Waals surface area contributed by atoms with Crippen LogP contribution in [0.25, 0.3) is 0 Å². The minimum absolute atomic E-state index is 0.366. The van der Waals surface area contributed by atoms with Crippen LogP contribution >= 0.6 is 0 Å². The third kappa shape index (κ3) is 1.94. The van der Waals surface area contributed by atoms with Crippen LogP contribution in [0.5, 0.6) is 0 Å². The molecule has 1 unspecified atom stereocenters. The van der Waals surface area contributed by atoms with E-state index in [9.17, 15) is 0 Å². The molecular weight excluding hydrogens is 138 g/mol. The zero-order chi connectivity index (χ0) is 8.43. The van der Waals surface area contributed by atoms with Gasteiger partial charge in [-0.25, -0.2) is 0 Å². The molecule has 1 rings (SSSR count). The van der Waals surface area contributed by atoms with E-state index in [1.165, 1.54) is 0 Å². The lowest BCUT2D eigenvalue weighted by molar-refractivity contribution is -0.00607. The lowest BCUT2D eigenvalue weighted by Crippen LogP contribution is -2.35. The summed E-state index contributed by atoms with van der Waals surface area (Å²) in [6.07, 6.45) is 1.88. The van der Waals surface area contributed by atoms with Crippen LogP contribution in [-0.4, -0.2) is 29.8 Å². The van der Waals surface area contributed by atoms with Crippen molar-refractivity contribution in [3.8, 4) is 0 Å². The van der Waals surface area contributed by atoms with Crippen molar-refractivity contribution in [2.24, 2.45) is 0 Å². The van der Waals surface area contributed by atoms with Crippen molar-refractivity contribution in [1.29, 1.82) is 0 Å². The van der Waals surface area contributed by atoms with Gasteiger partial charge in [-0.1, -0.05) is 6.92 Å². The molecule has 0 aromatic heterocycles. The zero-order valence-electron chi connectivity index (χ0n) is 8.00. The van der Waals surface area contributed by atoms with Gasteiger partial charge < -0.3 is 4.74 Å². The highest BCUT2D eigenvalue weighted by molar-refractivity contribution is 4.76. The second-order valence-corrected chi connectivity index (χ2v) is 3.60. The van der Waals surface area contributed by atoms with Crippen LogP contribution in [0.15, 0.2) is 0 Å². The minimum atomic E-state index is 0.366. The van der Waals surface area contributed by atoms with Crippen LogP contribution in [-0.2, 0) is 4.74 Å². The van der Waals surface area contributed by atoms with Crippen molar-refractivity contribution in [3.05, 3.63) is 0 Å². The van der Waals surface area contributed by atoms with Crippen molar-refractivity contribution < 1.29 is 4.74 Å². The summed E-state index contributed by atoms with van der Waals surface area (Å²) in [6, 6.07) is 0.616. The molecule has 2 heteroatoms. The van der Waals surface area contributed by atoms with Gasteiger partial charge >= 0.3 is 0 Å². The van der Waals surface area contributed by atoms with Crippen molar-refractivity contribution in [2.45, 2.75) is 52.5 Å². The Morgan fingerprint density at radius 3 is 2.55 bits per heavy atom. The normalized spacial score (nSPS) is 33.5. The SMILES string of the molecule is CCC1O[C@@H](C)CN1C(C)C. The van der Waals surface area contributed by atoms with Crippen LogP contribution in [0.2, 0.25) is 0 Å². The largest absolute Gasteiger partial charge is 0.359 e. The van der Waals surface area contributed by atoms with Crippen molar-refractivity contribution >= 4 is 0 Å². The molecule has 0 aromatic carbocycles. The van der Waals surface area contributed by atoms with Gasteiger partial charge in [-0.15, -0.1) is 0 Å². The van der Waals surface area contributed by atoms with Crippen LogP contribution in [0.1, 0.15) is 34.1 Å². The van der Waals surface area contributed by atoms with E-state index in [2.05, 4.69) is 32.6 Å². The monoisotopic (exact) mass is 157 g/mol. The molecule has 1 aliphatic rings. The van der Waals surface area contributed by atoms with Crippen LogP contribution < -0.4 is 0 Å². The summed E-state index contributed by atoms with van der Waals surface area (Å²) in [5.41, 5.74) is 0. The minimum Gasteiger partial charge on any atom is -0.359 e. The first kappa shape index (κ1) is 9.01. The van der Waals surface area contributed by atoms with Gasteiger partial charge in [0.15, 0.2) is 0 Å². The fraction of sp³-hybridized carbons (Fsp3) is 1.00. The van der Waals surface area contributed by atoms with E-state index < -0.39 is 0 Å². The van der Waals surface area contributed by atoms with Gasteiger partial charge in [-0.05, 0) is 27.2 Å². The smallest absolute Gasteiger partial charge is 0.111 e. The molecule has 0 saturated carbocycles. The highest BCUT2D eigenvalue weighted by Crippen LogP contribution is 2.20. The van der Waals surface area contributed by atoms with Gasteiger partial charge in [-0.2, -0.15) is 0 Å². The molecule has 0 aromatic rings. The Bertz CT molecular complexity index is 125. The summed E-state index contributed by atoms with van der Waals surface area (Å²) in [4.78, 5) is 2.42. The van der Waals surface area contributed by atoms with E-state index in [0.717, 1.165) is 13.0 Å². The van der Waals surface area contributed by atoms with Crippen molar-refractivity contribution in [1.82, 2.24) is 4.90 Å². The number of hydrogen-bond donors (Lipinski definition) is 0. The van der Waals surface area contributed by atoms with E-state index in [4.69, 9.17) is 4.74 Å². The number of nitrogens with zero attached hydrogens (tertiary/aromatic N) is 1. The second kappa shape index (κ2) is 3.55. The first-order valence-corrected chi connectivity index (χ1v) is 4.56. The Hall–Kier alpha value is -0.0800. The molecule has 0 radical (unpaired) electrons. The molecule has 0 bridgehead atoms. The average Bonchev–Trinajstić information content (AvgIpc) is 2.30. The summed E-state index contributed by atoms with van der Waals surface area (Å²) in [6.45, 7) is 9.87. The summed E-state index contributed by atoms with van der Waals surface area (Å²) in [5.74, 6) is 0. The molecule has 0 N–H and O–H groups in total. The first-order chi connectivity index (χ1) is 5.15. The molecule has 66 valence electrons. The fourth-order valence-electron chi connectivity index (χ4n) is 1.68. The van der Waals surface area contributed by atoms with Crippen molar-refractivity contribution in [2.75, 3.05) is 6.54 Å². The van der Waals surface area contributed by atoms with Gasteiger partial charge in [0.05, 0.1) is 6.10 Å². The van der Waals surface area contributed by atoms with E-state index in [1.54, 1.807) is 0 Å². The maximum atomic E-state index is 5.71. The first-order valence-electron chi connectivity index (χ1n) is 4.56.